The van der Waals surface area contributed by atoms with E-state index in [1.165, 1.54) is 0 Å². The number of pyridine rings is 1. The maximum absolute atomic E-state index is 8.76. The minimum absolute atomic E-state index is 0.380. The van der Waals surface area contributed by atoms with Crippen molar-refractivity contribution in [3.05, 3.63) is 48.2 Å². The summed E-state index contributed by atoms with van der Waals surface area (Å²) in [6, 6.07) is 14.8. The van der Waals surface area contributed by atoms with Crippen LogP contribution in [0.4, 0.5) is 11.5 Å². The van der Waals surface area contributed by atoms with Crippen molar-refractivity contribution in [1.29, 1.82) is 5.26 Å². The summed E-state index contributed by atoms with van der Waals surface area (Å²) in [5.74, 6) is 1.35. The molecule has 0 aliphatic rings. The van der Waals surface area contributed by atoms with Crippen molar-refractivity contribution in [2.24, 2.45) is 0 Å². The maximum atomic E-state index is 8.76. The molecule has 0 fully saturated rings. The maximum Gasteiger partial charge on any atom is 0.142 e. The zero-order valence-corrected chi connectivity index (χ0v) is 9.34. The van der Waals surface area contributed by atoms with Crippen LogP contribution >= 0.6 is 0 Å². The van der Waals surface area contributed by atoms with E-state index in [0.717, 1.165) is 11.4 Å². The van der Waals surface area contributed by atoms with Gasteiger partial charge in [0, 0.05) is 0 Å². The van der Waals surface area contributed by atoms with Crippen LogP contribution in [0.2, 0.25) is 0 Å². The largest absolute Gasteiger partial charge is 0.495 e. The first-order valence-corrected chi connectivity index (χ1v) is 5.10. The van der Waals surface area contributed by atoms with Crippen LogP contribution in [0.3, 0.4) is 0 Å². The van der Waals surface area contributed by atoms with Gasteiger partial charge in [-0.2, -0.15) is 5.26 Å². The van der Waals surface area contributed by atoms with Crippen molar-refractivity contribution < 1.29 is 4.74 Å². The summed E-state index contributed by atoms with van der Waals surface area (Å²) in [6.07, 6.45) is 0. The Hall–Kier alpha value is -2.54. The monoisotopic (exact) mass is 225 g/mol. The second-order valence-corrected chi connectivity index (χ2v) is 3.35. The number of benzene rings is 1. The first-order valence-electron chi connectivity index (χ1n) is 5.10. The van der Waals surface area contributed by atoms with E-state index in [1.54, 1.807) is 25.3 Å². The van der Waals surface area contributed by atoms with Gasteiger partial charge in [-0.1, -0.05) is 18.2 Å². The fourth-order valence-electron chi connectivity index (χ4n) is 1.45. The molecule has 2 rings (SSSR count). The number of nitriles is 1. The molecule has 4 heteroatoms. The average Bonchev–Trinajstić information content (AvgIpc) is 2.39. The number of anilines is 2. The van der Waals surface area contributed by atoms with Gasteiger partial charge in [-0.05, 0) is 24.3 Å². The molecule has 1 aromatic carbocycles. The van der Waals surface area contributed by atoms with Gasteiger partial charge in [-0.25, -0.2) is 4.98 Å². The van der Waals surface area contributed by atoms with Crippen LogP contribution in [0.5, 0.6) is 5.75 Å². The highest BCUT2D eigenvalue weighted by Crippen LogP contribution is 2.25. The van der Waals surface area contributed by atoms with Crippen LogP contribution in [0.15, 0.2) is 42.5 Å². The van der Waals surface area contributed by atoms with Gasteiger partial charge >= 0.3 is 0 Å². The minimum Gasteiger partial charge on any atom is -0.495 e. The molecule has 0 saturated heterocycles. The number of nitrogens with zero attached hydrogens (tertiary/aromatic N) is 2. The van der Waals surface area contributed by atoms with E-state index < -0.39 is 0 Å². The third kappa shape index (κ3) is 2.52. The molecule has 0 aliphatic heterocycles. The Morgan fingerprint density at radius 1 is 1.18 bits per heavy atom. The highest BCUT2D eigenvalue weighted by Gasteiger charge is 2.02. The third-order valence-electron chi connectivity index (χ3n) is 2.23. The quantitative estimate of drug-likeness (QED) is 0.872. The third-order valence-corrected chi connectivity index (χ3v) is 2.23. The summed E-state index contributed by atoms with van der Waals surface area (Å²) in [6.45, 7) is 0. The molecule has 17 heavy (non-hydrogen) atoms. The standard InChI is InChI=1S/C13H11N3O/c1-17-12-7-3-2-6-11(12)16-13-8-4-5-10(9-14)15-13/h2-8H,1H3,(H,15,16). The van der Waals surface area contributed by atoms with Crippen LogP contribution in [-0.4, -0.2) is 12.1 Å². The predicted molar refractivity (Wildman–Crippen MR) is 65.2 cm³/mol. The molecular weight excluding hydrogens is 214 g/mol. The smallest absolute Gasteiger partial charge is 0.142 e. The summed E-state index contributed by atoms with van der Waals surface area (Å²) in [5, 5.41) is 11.9. The molecule has 0 bridgehead atoms. The Balaban J connectivity index is 2.28. The number of nitrogens with one attached hydrogen (secondary N) is 1. The molecule has 0 radical (unpaired) electrons. The van der Waals surface area contributed by atoms with Crippen molar-refractivity contribution in [2.45, 2.75) is 0 Å². The van der Waals surface area contributed by atoms with Gasteiger partial charge in [-0.3, -0.25) is 0 Å². The molecule has 84 valence electrons. The second kappa shape index (κ2) is 4.99. The topological polar surface area (TPSA) is 57.9 Å². The molecule has 1 aromatic heterocycles. The van der Waals surface area contributed by atoms with E-state index in [-0.39, 0.29) is 0 Å². The van der Waals surface area contributed by atoms with Crippen LogP contribution in [0.1, 0.15) is 5.69 Å². The normalized spacial score (nSPS) is 9.41. The number of methoxy groups -OCH3 is 1. The second-order valence-electron chi connectivity index (χ2n) is 3.35. The van der Waals surface area contributed by atoms with E-state index in [2.05, 4.69) is 10.3 Å². The van der Waals surface area contributed by atoms with Crippen LogP contribution in [0, 0.1) is 11.3 Å². The molecule has 2 aromatic rings. The molecule has 4 nitrogen and oxygen atoms in total. The zero-order valence-electron chi connectivity index (χ0n) is 9.34. The number of rotatable bonds is 3. The molecule has 0 atom stereocenters. The van der Waals surface area contributed by atoms with Crippen LogP contribution in [-0.2, 0) is 0 Å². The SMILES string of the molecule is COc1ccccc1Nc1cccc(C#N)n1. The number of aromatic nitrogens is 1. The van der Waals surface area contributed by atoms with Gasteiger partial charge in [0.2, 0.25) is 0 Å². The van der Waals surface area contributed by atoms with Crippen molar-refractivity contribution in [3.63, 3.8) is 0 Å². The first-order chi connectivity index (χ1) is 8.33. The molecule has 0 aliphatic carbocycles. The van der Waals surface area contributed by atoms with E-state index in [9.17, 15) is 0 Å². The lowest BCUT2D eigenvalue weighted by molar-refractivity contribution is 0.417. The predicted octanol–water partition coefficient (Wildman–Crippen LogP) is 2.71. The lowest BCUT2D eigenvalue weighted by Crippen LogP contribution is -1.97. The summed E-state index contributed by atoms with van der Waals surface area (Å²) < 4.78 is 5.22. The van der Waals surface area contributed by atoms with E-state index in [0.29, 0.717) is 11.5 Å². The van der Waals surface area contributed by atoms with Crippen LogP contribution < -0.4 is 10.1 Å². The fourth-order valence-corrected chi connectivity index (χ4v) is 1.45. The molecule has 1 heterocycles. The Morgan fingerprint density at radius 2 is 2.00 bits per heavy atom. The molecule has 0 saturated carbocycles. The Bertz CT molecular complexity index is 561. The molecule has 0 spiro atoms. The average molecular weight is 225 g/mol. The van der Waals surface area contributed by atoms with E-state index in [4.69, 9.17) is 10.00 Å². The number of hydrogen-bond donors (Lipinski definition) is 1. The van der Waals surface area contributed by atoms with Crippen molar-refractivity contribution in [3.8, 4) is 11.8 Å². The number of hydrogen-bond acceptors (Lipinski definition) is 4. The molecule has 0 unspecified atom stereocenters. The highest BCUT2D eigenvalue weighted by atomic mass is 16.5. The summed E-state index contributed by atoms with van der Waals surface area (Å²) in [4.78, 5) is 4.13. The Kier molecular flexibility index (Phi) is 3.22. The van der Waals surface area contributed by atoms with Crippen molar-refractivity contribution in [1.82, 2.24) is 4.98 Å². The van der Waals surface area contributed by atoms with Gasteiger partial charge in [0.25, 0.3) is 0 Å². The van der Waals surface area contributed by atoms with Gasteiger partial charge in [0.1, 0.15) is 23.3 Å². The van der Waals surface area contributed by atoms with E-state index in [1.807, 2.05) is 30.3 Å². The van der Waals surface area contributed by atoms with Gasteiger partial charge < -0.3 is 10.1 Å². The zero-order chi connectivity index (χ0) is 12.1. The van der Waals surface area contributed by atoms with Gasteiger partial charge in [-0.15, -0.1) is 0 Å². The first kappa shape index (κ1) is 11.0. The van der Waals surface area contributed by atoms with Gasteiger partial charge in [0.05, 0.1) is 12.8 Å². The Labute approximate surface area is 99.5 Å². The molecule has 0 amide bonds. The summed E-state index contributed by atoms with van der Waals surface area (Å²) in [5.41, 5.74) is 1.20. The van der Waals surface area contributed by atoms with Crippen molar-refractivity contribution >= 4 is 11.5 Å². The fraction of sp³-hybridized carbons (Fsp3) is 0.0769. The lowest BCUT2D eigenvalue weighted by Gasteiger charge is -2.09. The lowest BCUT2D eigenvalue weighted by atomic mass is 10.3. The summed E-state index contributed by atoms with van der Waals surface area (Å²) in [7, 11) is 1.61. The van der Waals surface area contributed by atoms with Crippen molar-refractivity contribution in [2.75, 3.05) is 12.4 Å². The number of ether oxygens (including phenoxy) is 1. The van der Waals surface area contributed by atoms with Crippen LogP contribution in [0.25, 0.3) is 0 Å². The summed E-state index contributed by atoms with van der Waals surface area (Å²) >= 11 is 0. The Morgan fingerprint density at radius 3 is 2.76 bits per heavy atom. The van der Waals surface area contributed by atoms with E-state index >= 15 is 0 Å². The van der Waals surface area contributed by atoms with Gasteiger partial charge in [0.15, 0.2) is 0 Å². The number of para-hydroxylation sites is 2. The highest BCUT2D eigenvalue weighted by molar-refractivity contribution is 5.64. The molecule has 1 N–H and O–H groups in total. The molecular formula is C13H11N3O. The minimum atomic E-state index is 0.380.